The third kappa shape index (κ3) is 8.87. The number of carbonyl (C=O) groups excluding carboxylic acids is 1. The monoisotopic (exact) mass is 450 g/mol. The Kier molecular flexibility index (Phi) is 10.8. The fourth-order valence-electron chi connectivity index (χ4n) is 4.81. The van der Waals surface area contributed by atoms with Gasteiger partial charge in [-0.1, -0.05) is 95.2 Å². The van der Waals surface area contributed by atoms with Crippen LogP contribution in [0.3, 0.4) is 0 Å². The van der Waals surface area contributed by atoms with Crippen LogP contribution in [0, 0.1) is 5.92 Å². The summed E-state index contributed by atoms with van der Waals surface area (Å²) in [5, 5.41) is 0. The van der Waals surface area contributed by atoms with Crippen LogP contribution in [0.5, 0.6) is 5.75 Å². The molecule has 180 valence electrons. The summed E-state index contributed by atoms with van der Waals surface area (Å²) in [4.78, 5) is 12.2. The maximum Gasteiger partial charge on any atom is 0.514 e. The number of carbonyl (C=O) groups is 1. The molecule has 1 saturated carbocycles. The van der Waals surface area contributed by atoms with Crippen LogP contribution in [-0.2, 0) is 11.2 Å². The molecule has 3 nitrogen and oxygen atoms in total. The highest BCUT2D eigenvalue weighted by Gasteiger charge is 2.24. The van der Waals surface area contributed by atoms with Crippen molar-refractivity contribution in [1.29, 1.82) is 0 Å². The van der Waals surface area contributed by atoms with Gasteiger partial charge in [-0.3, -0.25) is 0 Å². The number of hydrogen-bond donors (Lipinski definition) is 0. The molecule has 0 spiro atoms. The van der Waals surface area contributed by atoms with Crippen LogP contribution in [0.15, 0.2) is 48.5 Å². The van der Waals surface area contributed by atoms with Crippen LogP contribution in [0.25, 0.3) is 11.1 Å². The minimum atomic E-state index is -0.579. The number of unbranched alkanes of at least 4 members (excludes halogenated alkanes) is 5. The van der Waals surface area contributed by atoms with Crippen molar-refractivity contribution >= 4 is 6.16 Å². The van der Waals surface area contributed by atoms with Crippen molar-refractivity contribution in [3.05, 3.63) is 54.1 Å². The quantitative estimate of drug-likeness (QED) is 0.184. The van der Waals surface area contributed by atoms with Gasteiger partial charge in [0.25, 0.3) is 0 Å². The summed E-state index contributed by atoms with van der Waals surface area (Å²) in [7, 11) is 0. The number of benzene rings is 2. The first kappa shape index (κ1) is 25.3. The first-order chi connectivity index (χ1) is 16.2. The van der Waals surface area contributed by atoms with Gasteiger partial charge in [0.15, 0.2) is 0 Å². The van der Waals surface area contributed by atoms with E-state index in [9.17, 15) is 4.79 Å². The van der Waals surface area contributed by atoms with E-state index in [1.807, 2.05) is 24.3 Å². The molecule has 0 bridgehead atoms. The first-order valence-electron chi connectivity index (χ1n) is 13.3. The predicted octanol–water partition coefficient (Wildman–Crippen LogP) is 9.13. The molecule has 2 aromatic carbocycles. The maximum absolute atomic E-state index is 12.2. The van der Waals surface area contributed by atoms with E-state index in [-0.39, 0.29) is 6.10 Å². The van der Waals surface area contributed by atoms with Crippen molar-refractivity contribution in [3.63, 3.8) is 0 Å². The topological polar surface area (TPSA) is 35.5 Å². The van der Waals surface area contributed by atoms with Crippen molar-refractivity contribution in [2.75, 3.05) is 0 Å². The second-order valence-electron chi connectivity index (χ2n) is 9.64. The lowest BCUT2D eigenvalue weighted by atomic mass is 9.84. The Labute approximate surface area is 200 Å². The number of aryl methyl sites for hydroxylation is 1. The zero-order valence-corrected chi connectivity index (χ0v) is 20.7. The summed E-state index contributed by atoms with van der Waals surface area (Å²) in [6.45, 7) is 4.49. The SMILES string of the molecule is CCCCCCc1ccc(-c2ccc(OC(=O)OC3CCC(CCCCC)CC3)cc2)cc1. The van der Waals surface area contributed by atoms with Gasteiger partial charge in [-0.25, -0.2) is 4.79 Å². The number of hydrogen-bond acceptors (Lipinski definition) is 3. The van der Waals surface area contributed by atoms with Crippen LogP contribution >= 0.6 is 0 Å². The normalized spacial score (nSPS) is 18.1. The first-order valence-corrected chi connectivity index (χ1v) is 13.3. The smallest absolute Gasteiger partial charge is 0.431 e. The molecule has 0 amide bonds. The number of ether oxygens (including phenoxy) is 2. The van der Waals surface area contributed by atoms with Crippen LogP contribution in [-0.4, -0.2) is 12.3 Å². The van der Waals surface area contributed by atoms with Crippen LogP contribution in [0.4, 0.5) is 4.79 Å². The van der Waals surface area contributed by atoms with Crippen molar-refractivity contribution in [2.24, 2.45) is 5.92 Å². The molecule has 3 heteroatoms. The Hall–Kier alpha value is -2.29. The largest absolute Gasteiger partial charge is 0.514 e. The summed E-state index contributed by atoms with van der Waals surface area (Å²) < 4.78 is 11.0. The Morgan fingerprint density at radius 2 is 1.36 bits per heavy atom. The Balaban J connectivity index is 1.41. The second-order valence-corrected chi connectivity index (χ2v) is 9.64. The molecule has 0 unspecified atom stereocenters. The van der Waals surface area contributed by atoms with Crippen LogP contribution in [0.2, 0.25) is 0 Å². The van der Waals surface area contributed by atoms with E-state index in [4.69, 9.17) is 9.47 Å². The Morgan fingerprint density at radius 3 is 2.00 bits per heavy atom. The van der Waals surface area contributed by atoms with E-state index in [2.05, 4.69) is 38.1 Å². The molecule has 1 aliphatic rings. The zero-order valence-electron chi connectivity index (χ0n) is 20.7. The van der Waals surface area contributed by atoms with Crippen molar-refractivity contribution in [2.45, 2.75) is 103 Å². The van der Waals surface area contributed by atoms with E-state index in [0.717, 1.165) is 43.6 Å². The molecule has 0 saturated heterocycles. The predicted molar refractivity (Wildman–Crippen MR) is 137 cm³/mol. The summed E-state index contributed by atoms with van der Waals surface area (Å²) in [5.41, 5.74) is 3.69. The third-order valence-corrected chi connectivity index (χ3v) is 6.93. The summed E-state index contributed by atoms with van der Waals surface area (Å²) in [6.07, 6.45) is 15.2. The van der Waals surface area contributed by atoms with E-state index >= 15 is 0 Å². The molecule has 0 radical (unpaired) electrons. The van der Waals surface area contributed by atoms with Gasteiger partial charge in [0.1, 0.15) is 11.9 Å². The van der Waals surface area contributed by atoms with E-state index in [0.29, 0.717) is 5.75 Å². The fourth-order valence-corrected chi connectivity index (χ4v) is 4.81. The molecule has 0 aromatic heterocycles. The average molecular weight is 451 g/mol. The van der Waals surface area contributed by atoms with Gasteiger partial charge in [0, 0.05) is 0 Å². The van der Waals surface area contributed by atoms with Gasteiger partial charge in [-0.05, 0) is 73.3 Å². The highest BCUT2D eigenvalue weighted by Crippen LogP contribution is 2.30. The standard InChI is InChI=1S/C30H42O3/c1-3-5-7-9-11-24-12-16-26(17-13-24)27-18-22-29(23-19-27)33-30(31)32-28-20-14-25(15-21-28)10-8-6-4-2/h12-13,16-19,22-23,25,28H,3-11,14-15,20-21H2,1-2H3. The van der Waals surface area contributed by atoms with Crippen LogP contribution in [0.1, 0.15) is 96.5 Å². The molecule has 0 atom stereocenters. The maximum atomic E-state index is 12.2. The van der Waals surface area contributed by atoms with Gasteiger partial charge in [0.05, 0.1) is 0 Å². The van der Waals surface area contributed by atoms with Gasteiger partial charge in [0.2, 0.25) is 0 Å². The Bertz CT molecular complexity index is 801. The lowest BCUT2D eigenvalue weighted by Gasteiger charge is -2.27. The van der Waals surface area contributed by atoms with Crippen LogP contribution < -0.4 is 4.74 Å². The zero-order chi connectivity index (χ0) is 23.3. The average Bonchev–Trinajstić information content (AvgIpc) is 2.84. The molecule has 3 rings (SSSR count). The molecule has 0 N–H and O–H groups in total. The minimum absolute atomic E-state index is 0.000291. The van der Waals surface area contributed by atoms with E-state index in [1.165, 1.54) is 62.5 Å². The molecule has 0 heterocycles. The second kappa shape index (κ2) is 14.1. The van der Waals surface area contributed by atoms with Crippen molar-refractivity contribution in [3.8, 4) is 16.9 Å². The van der Waals surface area contributed by atoms with Gasteiger partial charge in [-0.2, -0.15) is 0 Å². The molecule has 2 aromatic rings. The lowest BCUT2D eigenvalue weighted by molar-refractivity contribution is 0.0329. The minimum Gasteiger partial charge on any atom is -0.431 e. The molecule has 1 fully saturated rings. The van der Waals surface area contributed by atoms with E-state index in [1.54, 1.807) is 0 Å². The van der Waals surface area contributed by atoms with Gasteiger partial charge < -0.3 is 9.47 Å². The fraction of sp³-hybridized carbons (Fsp3) is 0.567. The summed E-state index contributed by atoms with van der Waals surface area (Å²) in [5.74, 6) is 1.33. The van der Waals surface area contributed by atoms with Gasteiger partial charge in [-0.15, -0.1) is 0 Å². The molecule has 1 aliphatic carbocycles. The Morgan fingerprint density at radius 1 is 0.758 bits per heavy atom. The van der Waals surface area contributed by atoms with E-state index < -0.39 is 6.16 Å². The third-order valence-electron chi connectivity index (χ3n) is 6.93. The molecule has 0 aliphatic heterocycles. The van der Waals surface area contributed by atoms with Gasteiger partial charge >= 0.3 is 6.16 Å². The summed E-state index contributed by atoms with van der Waals surface area (Å²) in [6, 6.07) is 16.5. The molecular weight excluding hydrogens is 408 g/mol. The highest BCUT2D eigenvalue weighted by atomic mass is 16.7. The lowest BCUT2D eigenvalue weighted by Crippen LogP contribution is -2.26. The van der Waals surface area contributed by atoms with Crippen molar-refractivity contribution in [1.82, 2.24) is 0 Å². The number of rotatable bonds is 12. The molecule has 33 heavy (non-hydrogen) atoms. The highest BCUT2D eigenvalue weighted by molar-refractivity contribution is 5.67. The van der Waals surface area contributed by atoms with Crippen molar-refractivity contribution < 1.29 is 14.3 Å². The molecular formula is C30H42O3. The summed E-state index contributed by atoms with van der Waals surface area (Å²) >= 11 is 0.